The van der Waals surface area contributed by atoms with Crippen LogP contribution in [0.4, 0.5) is 0 Å². The van der Waals surface area contributed by atoms with E-state index in [0.29, 0.717) is 16.7 Å². The Balaban J connectivity index is 0.000000261. The van der Waals surface area contributed by atoms with Gasteiger partial charge in [-0.25, -0.2) is 8.98 Å². The number of aliphatic hydroxyl groups is 2. The van der Waals surface area contributed by atoms with Crippen molar-refractivity contribution in [2.24, 2.45) is 0 Å². The number of methoxy groups -OCH3 is 1. The molecule has 46 heavy (non-hydrogen) atoms. The Morgan fingerprint density at radius 3 is 1.46 bits per heavy atom. The first kappa shape index (κ1) is 37.3. The lowest BCUT2D eigenvalue weighted by atomic mass is 10.1. The highest BCUT2D eigenvalue weighted by Gasteiger charge is 2.28. The lowest BCUT2D eigenvalue weighted by molar-refractivity contribution is -0.150. The molecular weight excluding hydrogens is 612 g/mol. The van der Waals surface area contributed by atoms with Crippen LogP contribution < -0.4 is 10.6 Å². The zero-order valence-electron chi connectivity index (χ0n) is 25.9. The molecule has 12 heteroatoms. The van der Waals surface area contributed by atoms with E-state index in [2.05, 4.69) is 15.4 Å². The number of nitrogens with one attached hydrogen (secondary N) is 2. The van der Waals surface area contributed by atoms with Crippen molar-refractivity contribution >= 4 is 27.9 Å². The number of aliphatic hydroxyl groups excluding tert-OH is 2. The molecule has 2 amide bonds. The maximum absolute atomic E-state index is 12.3. The lowest BCUT2D eigenvalue weighted by Crippen LogP contribution is -2.29. The first-order chi connectivity index (χ1) is 21.9. The molecule has 4 aromatic rings. The van der Waals surface area contributed by atoms with Crippen LogP contribution in [-0.2, 0) is 33.4 Å². The van der Waals surface area contributed by atoms with Crippen LogP contribution in [-0.4, -0.2) is 57.6 Å². The van der Waals surface area contributed by atoms with E-state index in [4.69, 9.17) is 4.18 Å². The van der Waals surface area contributed by atoms with E-state index in [-0.39, 0.29) is 10.8 Å². The third-order valence-corrected chi connectivity index (χ3v) is 7.56. The lowest BCUT2D eigenvalue weighted by Gasteiger charge is -2.16. The van der Waals surface area contributed by atoms with Gasteiger partial charge in [0.15, 0.2) is 18.3 Å². The molecular formula is C34H38N2O9S. The molecule has 4 rings (SSSR count). The molecule has 0 saturated carbocycles. The maximum atomic E-state index is 12.3. The van der Waals surface area contributed by atoms with Crippen LogP contribution in [0.25, 0.3) is 0 Å². The second-order valence-electron chi connectivity index (χ2n) is 9.53. The molecule has 0 aliphatic carbocycles. The second kappa shape index (κ2) is 18.8. The van der Waals surface area contributed by atoms with Gasteiger partial charge >= 0.3 is 5.97 Å². The zero-order valence-corrected chi connectivity index (χ0v) is 26.7. The van der Waals surface area contributed by atoms with E-state index in [9.17, 15) is 33.0 Å². The molecule has 244 valence electrons. The summed E-state index contributed by atoms with van der Waals surface area (Å²) in [5, 5.41) is 23.5. The molecule has 0 aromatic heterocycles. The number of carbonyl (C=O) groups excluding carboxylic acids is 3. The van der Waals surface area contributed by atoms with E-state index in [0.717, 1.165) is 5.56 Å². The average molecular weight is 651 g/mol. The van der Waals surface area contributed by atoms with Gasteiger partial charge in [-0.2, -0.15) is 8.42 Å². The van der Waals surface area contributed by atoms with Crippen molar-refractivity contribution in [3.63, 3.8) is 0 Å². The summed E-state index contributed by atoms with van der Waals surface area (Å²) in [6, 6.07) is 32.2. The van der Waals surface area contributed by atoms with E-state index in [1.165, 1.54) is 33.3 Å². The number of hydrogen-bond donors (Lipinski definition) is 4. The smallest absolute Gasteiger partial charge is 0.339 e. The predicted octanol–water partition coefficient (Wildman–Crippen LogP) is 3.55. The van der Waals surface area contributed by atoms with Crippen LogP contribution in [0, 0.1) is 6.92 Å². The molecule has 0 fully saturated rings. The summed E-state index contributed by atoms with van der Waals surface area (Å²) >= 11 is 0. The summed E-state index contributed by atoms with van der Waals surface area (Å²) in [7, 11) is 0.129. The number of benzene rings is 4. The summed E-state index contributed by atoms with van der Waals surface area (Å²) in [5.74, 6) is -1.55. The van der Waals surface area contributed by atoms with Crippen molar-refractivity contribution in [1.29, 1.82) is 0 Å². The molecule has 11 nitrogen and oxygen atoms in total. The van der Waals surface area contributed by atoms with Crippen LogP contribution >= 0.6 is 0 Å². The summed E-state index contributed by atoms with van der Waals surface area (Å²) in [6.07, 6.45) is -3.45. The van der Waals surface area contributed by atoms with Crippen molar-refractivity contribution in [3.05, 3.63) is 138 Å². The average Bonchev–Trinajstić information content (AvgIpc) is 3.10. The summed E-state index contributed by atoms with van der Waals surface area (Å²) < 4.78 is 34.2. The van der Waals surface area contributed by atoms with Crippen LogP contribution in [0.2, 0.25) is 0 Å². The third-order valence-electron chi connectivity index (χ3n) is 6.27. The fourth-order valence-corrected chi connectivity index (χ4v) is 4.74. The normalized spacial score (nSPS) is 12.4. The maximum Gasteiger partial charge on any atom is 0.339 e. The Labute approximate surface area is 268 Å². The fourth-order valence-electron chi connectivity index (χ4n) is 3.70. The van der Waals surface area contributed by atoms with Crippen LogP contribution in [0.1, 0.15) is 40.6 Å². The van der Waals surface area contributed by atoms with Crippen LogP contribution in [0.15, 0.2) is 120 Å². The molecule has 4 N–H and O–H groups in total. The van der Waals surface area contributed by atoms with Crippen molar-refractivity contribution < 1.29 is 41.9 Å². The van der Waals surface area contributed by atoms with Crippen molar-refractivity contribution in [2.45, 2.75) is 30.1 Å². The minimum atomic E-state index is -4.04. The number of carbonyl (C=O) groups is 3. The van der Waals surface area contributed by atoms with Crippen molar-refractivity contribution in [3.8, 4) is 0 Å². The van der Waals surface area contributed by atoms with Crippen molar-refractivity contribution in [1.82, 2.24) is 10.6 Å². The number of amides is 2. The molecule has 0 bridgehead atoms. The number of hydrogen-bond acceptors (Lipinski definition) is 9. The van der Waals surface area contributed by atoms with E-state index in [1.807, 2.05) is 19.1 Å². The predicted molar refractivity (Wildman–Crippen MR) is 172 cm³/mol. The number of likely N-dealkylation sites (N-methyl/N-ethyl adjacent to an activating group) is 2. The van der Waals surface area contributed by atoms with Gasteiger partial charge in [-0.05, 0) is 35.7 Å². The summed E-state index contributed by atoms with van der Waals surface area (Å²) in [5.41, 5.74) is 2.56. The van der Waals surface area contributed by atoms with Gasteiger partial charge in [0, 0.05) is 14.1 Å². The van der Waals surface area contributed by atoms with E-state index < -0.39 is 40.3 Å². The van der Waals surface area contributed by atoms with Gasteiger partial charge in [0.05, 0.1) is 12.0 Å². The fraction of sp³-hybridized carbons (Fsp3) is 0.206. The van der Waals surface area contributed by atoms with Crippen molar-refractivity contribution in [2.75, 3.05) is 21.2 Å². The molecule has 0 aliphatic heterocycles. The second-order valence-corrected chi connectivity index (χ2v) is 11.1. The molecule has 0 heterocycles. The molecule has 3 atom stereocenters. The van der Waals surface area contributed by atoms with Gasteiger partial charge in [0.1, 0.15) is 0 Å². The topological polar surface area (TPSA) is 168 Å². The first-order valence-corrected chi connectivity index (χ1v) is 15.4. The van der Waals surface area contributed by atoms with Gasteiger partial charge in [0.2, 0.25) is 0 Å². The Hall–Kier alpha value is -4.88. The van der Waals surface area contributed by atoms with Gasteiger partial charge < -0.3 is 25.6 Å². The zero-order chi connectivity index (χ0) is 34.1. The third kappa shape index (κ3) is 11.6. The SMILES string of the molecule is CNC(=O)C(O)c1ccccc1.CNC(=O)C(OS(=O)(=O)c1ccc(C)cc1)c1ccccc1.COC(=O)C(O)c1ccccc1. The monoisotopic (exact) mass is 650 g/mol. The minimum absolute atomic E-state index is 0.0166. The quantitative estimate of drug-likeness (QED) is 0.156. The highest BCUT2D eigenvalue weighted by molar-refractivity contribution is 7.86. The molecule has 0 aliphatic rings. The van der Waals surface area contributed by atoms with Crippen LogP contribution in [0.5, 0.6) is 0 Å². The number of esters is 1. The highest BCUT2D eigenvalue weighted by atomic mass is 32.2. The number of aryl methyl sites for hydroxylation is 1. The number of rotatable bonds is 9. The highest BCUT2D eigenvalue weighted by Crippen LogP contribution is 2.24. The Bertz CT molecular complexity index is 1560. The Morgan fingerprint density at radius 2 is 1.04 bits per heavy atom. The van der Waals surface area contributed by atoms with Gasteiger partial charge in [-0.15, -0.1) is 0 Å². The van der Waals surface area contributed by atoms with E-state index in [1.54, 1.807) is 91.0 Å². The summed E-state index contributed by atoms with van der Waals surface area (Å²) in [4.78, 5) is 33.8. The standard InChI is InChI=1S/C16H17NO4S.C9H11NO2.C9H10O3/c1-12-8-10-14(11-9-12)22(19,20)21-15(16(18)17-2)13-6-4-3-5-7-13;1-10-9(12)8(11)7-5-3-2-4-6-7;1-12-9(11)8(10)7-5-3-2-4-6-7/h3-11,15H,1-2H3,(H,17,18);2-6,8,11H,1H3,(H,10,12);2-6,8,10H,1H3. The molecule has 0 saturated heterocycles. The van der Waals surface area contributed by atoms with Gasteiger partial charge in [0.25, 0.3) is 21.9 Å². The number of ether oxygens (including phenoxy) is 1. The molecule has 0 spiro atoms. The molecule has 4 aromatic carbocycles. The Kier molecular flexibility index (Phi) is 15.3. The molecule has 0 radical (unpaired) electrons. The molecule has 3 unspecified atom stereocenters. The first-order valence-electron chi connectivity index (χ1n) is 14.0. The van der Waals surface area contributed by atoms with E-state index >= 15 is 0 Å². The minimum Gasteiger partial charge on any atom is -0.467 e. The largest absolute Gasteiger partial charge is 0.467 e. The Morgan fingerprint density at radius 1 is 0.630 bits per heavy atom. The van der Waals surface area contributed by atoms with Gasteiger partial charge in [-0.3, -0.25) is 9.59 Å². The summed E-state index contributed by atoms with van der Waals surface area (Å²) in [6.45, 7) is 1.86. The van der Waals surface area contributed by atoms with Crippen LogP contribution in [0.3, 0.4) is 0 Å². The van der Waals surface area contributed by atoms with Gasteiger partial charge in [-0.1, -0.05) is 109 Å².